The summed E-state index contributed by atoms with van der Waals surface area (Å²) < 4.78 is 26.4. The molecule has 11 atom stereocenters. The van der Waals surface area contributed by atoms with Crippen molar-refractivity contribution in [1.82, 2.24) is 15.3 Å². The van der Waals surface area contributed by atoms with Crippen LogP contribution in [0.4, 0.5) is 0 Å². The molecule has 4 aliphatic carbocycles. The summed E-state index contributed by atoms with van der Waals surface area (Å²) >= 11 is 0. The van der Waals surface area contributed by atoms with Gasteiger partial charge in [-0.2, -0.15) is 5.06 Å². The van der Waals surface area contributed by atoms with Gasteiger partial charge in [-0.3, -0.25) is 19.2 Å². The summed E-state index contributed by atoms with van der Waals surface area (Å²) in [7, 11) is 0. The molecule has 11 rings (SSSR count). The number of amides is 2. The minimum Gasteiger partial charge on any atom is -0.458 e. The Labute approximate surface area is 345 Å². The van der Waals surface area contributed by atoms with Gasteiger partial charge in [0.05, 0.1) is 24.9 Å². The van der Waals surface area contributed by atoms with E-state index in [1.165, 1.54) is 5.57 Å². The molecule has 3 saturated carbocycles. The fraction of sp³-hybridized carbons (Fsp3) is 0.638. The Balaban J connectivity index is 0.948. The van der Waals surface area contributed by atoms with Crippen molar-refractivity contribution < 1.29 is 43.3 Å². The average molecular weight is 808 g/mol. The van der Waals surface area contributed by atoms with Crippen molar-refractivity contribution in [2.45, 2.75) is 146 Å². The molecular weight excluding hydrogens is 751 g/mol. The Morgan fingerprint density at radius 1 is 0.949 bits per heavy atom. The lowest BCUT2D eigenvalue weighted by Gasteiger charge is -2.53. The van der Waals surface area contributed by atoms with Crippen LogP contribution in [0.3, 0.4) is 0 Å². The Morgan fingerprint density at radius 3 is 2.49 bits per heavy atom. The predicted octanol–water partition coefficient (Wildman–Crippen LogP) is 4.64. The highest BCUT2D eigenvalue weighted by atomic mass is 16.8. The van der Waals surface area contributed by atoms with Crippen molar-refractivity contribution in [2.75, 3.05) is 19.7 Å². The van der Waals surface area contributed by atoms with E-state index in [1.54, 1.807) is 9.96 Å². The van der Waals surface area contributed by atoms with Crippen LogP contribution >= 0.6 is 0 Å². The van der Waals surface area contributed by atoms with Gasteiger partial charge in [0.25, 0.3) is 0 Å². The lowest BCUT2D eigenvalue weighted by Crippen LogP contribution is -2.70. The van der Waals surface area contributed by atoms with Gasteiger partial charge < -0.3 is 34.3 Å². The number of aliphatic hydroxyl groups is 1. The molecule has 2 N–H and O–H groups in total. The first kappa shape index (κ1) is 38.3. The van der Waals surface area contributed by atoms with Gasteiger partial charge in [0, 0.05) is 32.4 Å². The highest BCUT2D eigenvalue weighted by molar-refractivity contribution is 5.96. The maximum absolute atomic E-state index is 15.5. The number of nitrogens with one attached hydrogen (secondary N) is 1. The van der Waals surface area contributed by atoms with Crippen molar-refractivity contribution in [2.24, 2.45) is 22.7 Å². The minimum atomic E-state index is -1.38. The third-order valence-corrected chi connectivity index (χ3v) is 16.0. The Hall–Kier alpha value is -3.65. The van der Waals surface area contributed by atoms with Crippen molar-refractivity contribution in [3.63, 3.8) is 0 Å². The summed E-state index contributed by atoms with van der Waals surface area (Å²) in [6, 6.07) is 14.8. The number of nitrogens with zero attached hydrogens (tertiary/aromatic N) is 2. The minimum absolute atomic E-state index is 0.00123. The number of hydrogen-bond donors (Lipinski definition) is 2. The number of rotatable bonds is 7. The number of allylic oxidation sites excluding steroid dienone is 1. The largest absolute Gasteiger partial charge is 0.458 e. The molecule has 12 heteroatoms. The second kappa shape index (κ2) is 13.7. The van der Waals surface area contributed by atoms with Gasteiger partial charge in [0.1, 0.15) is 35.9 Å². The summed E-state index contributed by atoms with van der Waals surface area (Å²) in [6.07, 6.45) is 7.65. The molecule has 8 fully saturated rings. The van der Waals surface area contributed by atoms with E-state index in [0.717, 1.165) is 54.4 Å². The lowest BCUT2D eigenvalue weighted by molar-refractivity contribution is -0.218. The molecule has 12 nitrogen and oxygen atoms in total. The number of aliphatic hydroxyl groups excluding tert-OH is 1. The number of fused-ring (bicyclic) bond motifs is 7. The van der Waals surface area contributed by atoms with Crippen molar-refractivity contribution in [3.05, 3.63) is 76.4 Å². The monoisotopic (exact) mass is 807 g/mol. The molecule has 2 bridgehead atoms. The molecule has 5 saturated heterocycles. The van der Waals surface area contributed by atoms with Crippen molar-refractivity contribution in [3.8, 4) is 0 Å². The molecule has 0 aromatic heterocycles. The van der Waals surface area contributed by atoms with Gasteiger partial charge in [0.15, 0.2) is 11.8 Å². The standard InChI is InChI=1S/C47H57N3O9/c1-44(2)24-32-28(14-15-36-45(3,56-36)17-16-33(32)44)21-27-9-4-7-12-31(27)26-50-39-42(53)55-35-25-47(39,43(54)49-19-8-13-34(49)41(52)48-18-20-51)40(59-50)38-37(35)57-46(58-38)22-29-10-5-6-11-30(29)23-46/h4-7,9-12,21,32-40,51H,8,13-20,22-26H2,1-3H3,(H,48,52)/t32-,33-,34-,35+,36?,37+,38+,39+,40-,45-,47+/m1/s1. The molecule has 2 aromatic rings. The van der Waals surface area contributed by atoms with Gasteiger partial charge in [-0.15, -0.1) is 0 Å². The van der Waals surface area contributed by atoms with E-state index in [-0.39, 0.29) is 48.9 Å². The van der Waals surface area contributed by atoms with Crippen LogP contribution in [0.1, 0.15) is 94.4 Å². The second-order valence-corrected chi connectivity index (χ2v) is 19.9. The van der Waals surface area contributed by atoms with Crippen LogP contribution in [0, 0.1) is 22.7 Å². The SMILES string of the molecule is CC1(C)C[C@@H]2C(=Cc3ccccc3CN3O[C@@H]4[C@H]5OC6(Cc7ccccc7C6)O[C@H]5[C@@H]5C[C@]4(C(=O)N4CCC[C@@H]4C(=O)NCCO)[C@@H]3C(=O)O5)CCC3O[C@]3(C)CC[C@H]21. The number of hydrogen-bond acceptors (Lipinski definition) is 10. The molecule has 314 valence electrons. The first-order valence-corrected chi connectivity index (χ1v) is 22.1. The molecule has 0 radical (unpaired) electrons. The summed E-state index contributed by atoms with van der Waals surface area (Å²) in [5, 5.41) is 13.9. The van der Waals surface area contributed by atoms with Gasteiger partial charge >= 0.3 is 5.97 Å². The summed E-state index contributed by atoms with van der Waals surface area (Å²) in [5.74, 6) is -0.963. The number of likely N-dealkylation sites (tertiary alicyclic amines) is 1. The van der Waals surface area contributed by atoms with Crippen LogP contribution in [0.15, 0.2) is 54.1 Å². The van der Waals surface area contributed by atoms with Crippen molar-refractivity contribution in [1.29, 1.82) is 0 Å². The molecule has 9 aliphatic rings. The Kier molecular flexibility index (Phi) is 8.87. The van der Waals surface area contributed by atoms with E-state index in [0.29, 0.717) is 50.2 Å². The van der Waals surface area contributed by atoms with Crippen LogP contribution in [-0.2, 0) is 57.6 Å². The lowest BCUT2D eigenvalue weighted by atomic mass is 9.52. The maximum atomic E-state index is 15.5. The topological polar surface area (TPSA) is 139 Å². The van der Waals surface area contributed by atoms with E-state index < -0.39 is 53.7 Å². The van der Waals surface area contributed by atoms with E-state index >= 15 is 4.79 Å². The third kappa shape index (κ3) is 5.94. The summed E-state index contributed by atoms with van der Waals surface area (Å²) in [6.45, 7) is 7.61. The van der Waals surface area contributed by atoms with Gasteiger partial charge in [-0.1, -0.05) is 74.0 Å². The predicted molar refractivity (Wildman–Crippen MR) is 214 cm³/mol. The van der Waals surface area contributed by atoms with Crippen LogP contribution in [0.25, 0.3) is 6.08 Å². The van der Waals surface area contributed by atoms with Gasteiger partial charge in [0.2, 0.25) is 11.8 Å². The zero-order valence-corrected chi connectivity index (χ0v) is 34.4. The van der Waals surface area contributed by atoms with Crippen molar-refractivity contribution >= 4 is 23.9 Å². The van der Waals surface area contributed by atoms with E-state index in [4.69, 9.17) is 23.8 Å². The van der Waals surface area contributed by atoms with E-state index in [1.807, 2.05) is 18.2 Å². The molecule has 2 amide bonds. The first-order valence-electron chi connectivity index (χ1n) is 22.1. The zero-order chi connectivity index (χ0) is 40.5. The molecule has 2 aromatic carbocycles. The van der Waals surface area contributed by atoms with Gasteiger partial charge in [-0.05, 0) is 91.4 Å². The zero-order valence-electron chi connectivity index (χ0n) is 34.4. The highest BCUT2D eigenvalue weighted by Crippen LogP contribution is 2.61. The smallest absolute Gasteiger partial charge is 0.327 e. The van der Waals surface area contributed by atoms with E-state index in [9.17, 15) is 14.7 Å². The Bertz CT molecular complexity index is 2080. The fourth-order valence-corrected chi connectivity index (χ4v) is 13.0. The molecular formula is C47H57N3O9. The number of epoxide rings is 1. The molecule has 1 unspecified atom stereocenters. The first-order chi connectivity index (χ1) is 28.4. The van der Waals surface area contributed by atoms with Crippen LogP contribution in [0.5, 0.6) is 0 Å². The molecule has 1 spiro atoms. The number of ether oxygens (including phenoxy) is 4. The number of carbonyl (C=O) groups excluding carboxylic acids is 3. The summed E-state index contributed by atoms with van der Waals surface area (Å²) in [5.41, 5.74) is 4.74. The number of hydroxylamine groups is 2. The van der Waals surface area contributed by atoms with Crippen LogP contribution in [-0.4, -0.2) is 107 Å². The van der Waals surface area contributed by atoms with Crippen LogP contribution < -0.4 is 5.32 Å². The normalized spacial score (nSPS) is 40.2. The molecule has 59 heavy (non-hydrogen) atoms. The third-order valence-electron chi connectivity index (χ3n) is 16.0. The van der Waals surface area contributed by atoms with Crippen LogP contribution in [0.2, 0.25) is 0 Å². The fourth-order valence-electron chi connectivity index (χ4n) is 13.0. The summed E-state index contributed by atoms with van der Waals surface area (Å²) in [4.78, 5) is 52.2. The molecule has 5 aliphatic heterocycles. The maximum Gasteiger partial charge on any atom is 0.327 e. The van der Waals surface area contributed by atoms with E-state index in [2.05, 4.69) is 62.5 Å². The van der Waals surface area contributed by atoms with Gasteiger partial charge in [-0.25, -0.2) is 0 Å². The highest BCUT2D eigenvalue weighted by Gasteiger charge is 2.77. The molecule has 5 heterocycles. The quantitative estimate of drug-likeness (QED) is 0.301. The Morgan fingerprint density at radius 2 is 1.71 bits per heavy atom. The number of carbonyl (C=O) groups is 3. The second-order valence-electron chi connectivity index (χ2n) is 19.9. The number of esters is 1. The average Bonchev–Trinajstić information content (AvgIpc) is 3.73. The number of benzene rings is 2.